The molecule has 1 heterocycles. The van der Waals surface area contributed by atoms with E-state index in [9.17, 15) is 32.9 Å². The highest BCUT2D eigenvalue weighted by Crippen LogP contribution is 2.33. The molecule has 1 aliphatic heterocycles. The van der Waals surface area contributed by atoms with Gasteiger partial charge in [0.25, 0.3) is 17.4 Å². The first-order valence-electron chi connectivity index (χ1n) is 8.65. The Balaban J connectivity index is 1.79. The molecule has 3 rings (SSSR count). The van der Waals surface area contributed by atoms with Crippen molar-refractivity contribution < 1.29 is 37.3 Å². The van der Waals surface area contributed by atoms with E-state index < -0.39 is 28.4 Å². The van der Waals surface area contributed by atoms with Gasteiger partial charge in [0.05, 0.1) is 28.3 Å². The molecule has 0 saturated carbocycles. The molecule has 2 aromatic rings. The molecule has 0 bridgehead atoms. The lowest BCUT2D eigenvalue weighted by Gasteiger charge is -2.18. The van der Waals surface area contributed by atoms with Crippen molar-refractivity contribution in [2.24, 2.45) is 5.16 Å². The SMILES string of the molecule is CO/N=C(\COc1cccc(C(F)(F)F)c1)CN1C(=O)C(=O)c2cc([N+](=O)[O-])ccc21. The topological polar surface area (TPSA) is 111 Å². The lowest BCUT2D eigenvalue weighted by Crippen LogP contribution is -2.36. The van der Waals surface area contributed by atoms with Gasteiger partial charge in [-0.05, 0) is 24.3 Å². The van der Waals surface area contributed by atoms with Crippen LogP contribution in [-0.2, 0) is 15.8 Å². The first-order valence-corrected chi connectivity index (χ1v) is 8.65. The van der Waals surface area contributed by atoms with Gasteiger partial charge in [0.15, 0.2) is 0 Å². The summed E-state index contributed by atoms with van der Waals surface area (Å²) in [5.74, 6) is -1.94. The Kier molecular flexibility index (Phi) is 5.90. The summed E-state index contributed by atoms with van der Waals surface area (Å²) in [5.41, 5.74) is -1.14. The summed E-state index contributed by atoms with van der Waals surface area (Å²) in [6, 6.07) is 7.60. The monoisotopic (exact) mass is 437 g/mol. The van der Waals surface area contributed by atoms with Gasteiger partial charge in [0, 0.05) is 12.1 Å². The van der Waals surface area contributed by atoms with E-state index in [1.54, 1.807) is 0 Å². The number of ketones is 1. The van der Waals surface area contributed by atoms with Gasteiger partial charge >= 0.3 is 6.18 Å². The van der Waals surface area contributed by atoms with Gasteiger partial charge in [0.2, 0.25) is 0 Å². The third-order valence-corrected chi connectivity index (χ3v) is 4.29. The van der Waals surface area contributed by atoms with E-state index in [0.717, 1.165) is 29.2 Å². The molecule has 0 atom stereocenters. The number of nitrogens with zero attached hydrogens (tertiary/aromatic N) is 3. The number of halogens is 3. The lowest BCUT2D eigenvalue weighted by atomic mass is 10.1. The van der Waals surface area contributed by atoms with Crippen LogP contribution < -0.4 is 9.64 Å². The number of oxime groups is 1. The minimum atomic E-state index is -4.54. The Morgan fingerprint density at radius 2 is 1.94 bits per heavy atom. The van der Waals surface area contributed by atoms with Crippen LogP contribution in [0.5, 0.6) is 5.75 Å². The highest BCUT2D eigenvalue weighted by Gasteiger charge is 2.38. The van der Waals surface area contributed by atoms with E-state index >= 15 is 0 Å². The number of nitro groups is 1. The molecule has 12 heteroatoms. The van der Waals surface area contributed by atoms with Gasteiger partial charge in [-0.25, -0.2) is 0 Å². The summed E-state index contributed by atoms with van der Waals surface area (Å²) in [7, 11) is 1.22. The van der Waals surface area contributed by atoms with Crippen molar-refractivity contribution in [2.75, 3.05) is 25.2 Å². The number of benzene rings is 2. The summed E-state index contributed by atoms with van der Waals surface area (Å²) in [6.07, 6.45) is -4.54. The van der Waals surface area contributed by atoms with E-state index in [2.05, 4.69) is 5.16 Å². The molecular weight excluding hydrogens is 423 g/mol. The fraction of sp³-hybridized carbons (Fsp3) is 0.211. The Hall–Kier alpha value is -3.96. The highest BCUT2D eigenvalue weighted by molar-refractivity contribution is 6.52. The van der Waals surface area contributed by atoms with Gasteiger partial charge in [0.1, 0.15) is 25.2 Å². The molecule has 0 N–H and O–H groups in total. The molecule has 31 heavy (non-hydrogen) atoms. The zero-order valence-corrected chi connectivity index (χ0v) is 15.9. The van der Waals surface area contributed by atoms with Crippen LogP contribution in [0.4, 0.5) is 24.5 Å². The van der Waals surface area contributed by atoms with Crippen molar-refractivity contribution in [2.45, 2.75) is 6.18 Å². The Morgan fingerprint density at radius 3 is 2.58 bits per heavy atom. The van der Waals surface area contributed by atoms with Gasteiger partial charge in [-0.2, -0.15) is 13.2 Å². The second-order valence-corrected chi connectivity index (χ2v) is 6.33. The average molecular weight is 437 g/mol. The standard InChI is InChI=1S/C19H14F3N3O6/c1-30-23-12(10-31-14-4-2-3-11(7-14)19(20,21)22)9-24-16-6-5-13(25(28)29)8-15(16)17(26)18(24)27/h2-8H,9-10H2,1H3/b23-12-. The smallest absolute Gasteiger partial charge is 0.416 e. The second kappa shape index (κ2) is 8.42. The number of carbonyl (C=O) groups excluding carboxylic acids is 2. The van der Waals surface area contributed by atoms with Crippen LogP contribution in [0.2, 0.25) is 0 Å². The molecule has 0 aromatic heterocycles. The van der Waals surface area contributed by atoms with Crippen LogP contribution in [0.1, 0.15) is 15.9 Å². The minimum absolute atomic E-state index is 0.0847. The quantitative estimate of drug-likeness (QED) is 0.285. The van der Waals surface area contributed by atoms with Crippen molar-refractivity contribution in [3.05, 3.63) is 63.7 Å². The molecule has 1 amide bonds. The normalized spacial score (nSPS) is 13.9. The molecule has 0 radical (unpaired) electrons. The number of amides is 1. The van der Waals surface area contributed by atoms with Gasteiger partial charge in [-0.3, -0.25) is 24.6 Å². The average Bonchev–Trinajstić information content (AvgIpc) is 2.96. The predicted molar refractivity (Wildman–Crippen MR) is 101 cm³/mol. The number of hydrogen-bond donors (Lipinski definition) is 0. The molecule has 9 nitrogen and oxygen atoms in total. The van der Waals surface area contributed by atoms with Crippen LogP contribution in [0.15, 0.2) is 47.6 Å². The second-order valence-electron chi connectivity index (χ2n) is 6.33. The summed E-state index contributed by atoms with van der Waals surface area (Å²) in [6.45, 7) is -0.613. The Labute approximate surface area is 172 Å². The van der Waals surface area contributed by atoms with Crippen molar-refractivity contribution >= 4 is 28.8 Å². The van der Waals surface area contributed by atoms with Crippen molar-refractivity contribution in [3.63, 3.8) is 0 Å². The van der Waals surface area contributed by atoms with E-state index in [1.165, 1.54) is 25.3 Å². The predicted octanol–water partition coefficient (Wildman–Crippen LogP) is 3.22. The maximum absolute atomic E-state index is 12.8. The van der Waals surface area contributed by atoms with Crippen molar-refractivity contribution in [1.29, 1.82) is 0 Å². The van der Waals surface area contributed by atoms with Crippen LogP contribution in [0.25, 0.3) is 0 Å². The summed E-state index contributed by atoms with van der Waals surface area (Å²) in [4.78, 5) is 40.5. The Morgan fingerprint density at radius 1 is 1.19 bits per heavy atom. The summed E-state index contributed by atoms with van der Waals surface area (Å²) in [5, 5.41) is 14.6. The van der Waals surface area contributed by atoms with Gasteiger partial charge < -0.3 is 9.57 Å². The summed E-state index contributed by atoms with van der Waals surface area (Å²) >= 11 is 0. The van der Waals surface area contributed by atoms with Crippen LogP contribution in [0.3, 0.4) is 0 Å². The maximum Gasteiger partial charge on any atom is 0.416 e. The van der Waals surface area contributed by atoms with E-state index in [-0.39, 0.29) is 41.6 Å². The molecule has 2 aromatic carbocycles. The number of fused-ring (bicyclic) bond motifs is 1. The van der Waals surface area contributed by atoms with Crippen LogP contribution in [0, 0.1) is 10.1 Å². The third kappa shape index (κ3) is 4.63. The zero-order valence-electron chi connectivity index (χ0n) is 15.9. The number of rotatable bonds is 7. The molecule has 162 valence electrons. The molecule has 0 saturated heterocycles. The maximum atomic E-state index is 12.8. The van der Waals surface area contributed by atoms with E-state index in [1.807, 2.05) is 0 Å². The Bertz CT molecular complexity index is 1080. The summed E-state index contributed by atoms with van der Waals surface area (Å²) < 4.78 is 43.9. The molecule has 0 spiro atoms. The molecule has 1 aliphatic rings. The number of Topliss-reactive ketones (excluding diaryl/α,β-unsaturated/α-hetero) is 1. The number of non-ortho nitro benzene ring substituents is 1. The van der Waals surface area contributed by atoms with Gasteiger partial charge in [-0.1, -0.05) is 11.2 Å². The van der Waals surface area contributed by atoms with Crippen LogP contribution >= 0.6 is 0 Å². The number of alkyl halides is 3. The van der Waals surface area contributed by atoms with Crippen LogP contribution in [-0.4, -0.2) is 42.6 Å². The first kappa shape index (κ1) is 21.7. The fourth-order valence-corrected chi connectivity index (χ4v) is 2.90. The lowest BCUT2D eigenvalue weighted by molar-refractivity contribution is -0.384. The molecule has 0 aliphatic carbocycles. The van der Waals surface area contributed by atoms with E-state index in [0.29, 0.717) is 0 Å². The fourth-order valence-electron chi connectivity index (χ4n) is 2.90. The van der Waals surface area contributed by atoms with Gasteiger partial charge in [-0.15, -0.1) is 0 Å². The largest absolute Gasteiger partial charge is 0.487 e. The van der Waals surface area contributed by atoms with Crippen molar-refractivity contribution in [3.8, 4) is 5.75 Å². The van der Waals surface area contributed by atoms with Crippen molar-refractivity contribution in [1.82, 2.24) is 0 Å². The van der Waals surface area contributed by atoms with E-state index in [4.69, 9.17) is 9.57 Å². The molecule has 0 fully saturated rings. The number of hydrogen-bond acceptors (Lipinski definition) is 7. The number of ether oxygens (including phenoxy) is 1. The zero-order chi connectivity index (χ0) is 22.8. The molecule has 0 unspecified atom stereocenters. The highest BCUT2D eigenvalue weighted by atomic mass is 19.4. The molecular formula is C19H14F3N3O6. The number of anilines is 1. The first-order chi connectivity index (χ1) is 14.6. The third-order valence-electron chi connectivity index (χ3n) is 4.29. The minimum Gasteiger partial charge on any atom is -0.487 e. The number of nitro benzene ring substituents is 1. The number of carbonyl (C=O) groups is 2.